The van der Waals surface area contributed by atoms with Crippen molar-refractivity contribution in [2.45, 2.75) is 19.1 Å². The first-order valence-corrected chi connectivity index (χ1v) is 9.46. The minimum Gasteiger partial charge on any atom is -0.481 e. The Morgan fingerprint density at radius 2 is 2.12 bits per heavy atom. The van der Waals surface area contributed by atoms with Crippen LogP contribution in [-0.2, 0) is 16.1 Å². The number of para-hydroxylation sites is 2. The van der Waals surface area contributed by atoms with Gasteiger partial charge in [0.2, 0.25) is 0 Å². The molecule has 1 amide bonds. The number of rotatable bonds is 4. The monoisotopic (exact) mass is 432 g/mol. The maximum atomic E-state index is 12.8. The number of nitrogens with zero attached hydrogens (tertiary/aromatic N) is 2. The molecule has 3 aromatic rings. The first-order valence-electron chi connectivity index (χ1n) is 7.85. The van der Waals surface area contributed by atoms with Gasteiger partial charge in [-0.15, -0.1) is 11.3 Å². The van der Waals surface area contributed by atoms with Crippen LogP contribution >= 0.6 is 27.3 Å². The van der Waals surface area contributed by atoms with Gasteiger partial charge in [-0.2, -0.15) is 0 Å². The molecule has 8 heteroatoms. The lowest BCUT2D eigenvalue weighted by molar-refractivity contribution is -0.142. The minimum atomic E-state index is -1.08. The van der Waals surface area contributed by atoms with Crippen molar-refractivity contribution in [3.8, 4) is 5.75 Å². The van der Waals surface area contributed by atoms with Crippen LogP contribution in [0.3, 0.4) is 0 Å². The predicted octanol–water partition coefficient (Wildman–Crippen LogP) is 3.83. The number of aliphatic carboxylic acids is 1. The SMILES string of the molecule is O=C(O)CC1Oc2ccccc2N(Cc2nc3ccc(Br)cc3s2)C1=O. The molecule has 1 aliphatic heterocycles. The molecule has 0 spiro atoms. The highest BCUT2D eigenvalue weighted by molar-refractivity contribution is 9.10. The Bertz CT molecular complexity index is 1020. The van der Waals surface area contributed by atoms with E-state index in [0.717, 1.165) is 19.7 Å². The summed E-state index contributed by atoms with van der Waals surface area (Å²) in [6, 6.07) is 13.0. The maximum absolute atomic E-state index is 12.8. The number of aromatic nitrogens is 1. The van der Waals surface area contributed by atoms with Crippen LogP contribution < -0.4 is 9.64 Å². The number of carboxylic acids is 1. The zero-order valence-corrected chi connectivity index (χ0v) is 15.8. The van der Waals surface area contributed by atoms with E-state index in [1.807, 2.05) is 24.3 Å². The summed E-state index contributed by atoms with van der Waals surface area (Å²) in [5, 5.41) is 9.84. The third kappa shape index (κ3) is 3.17. The van der Waals surface area contributed by atoms with Gasteiger partial charge >= 0.3 is 5.97 Å². The fourth-order valence-electron chi connectivity index (χ4n) is 2.88. The molecule has 1 atom stereocenters. The number of hydrogen-bond donors (Lipinski definition) is 1. The first kappa shape index (κ1) is 17.0. The van der Waals surface area contributed by atoms with Gasteiger partial charge in [-0.3, -0.25) is 14.5 Å². The van der Waals surface area contributed by atoms with E-state index in [4.69, 9.17) is 9.84 Å². The van der Waals surface area contributed by atoms with Gasteiger partial charge in [0.1, 0.15) is 10.8 Å². The standard InChI is InChI=1S/C18H13BrN2O4S/c19-10-5-6-11-15(7-10)26-16(20-11)9-21-12-3-1-2-4-13(12)25-14(18(21)24)8-17(22)23/h1-7,14H,8-9H2,(H,22,23). The van der Waals surface area contributed by atoms with Crippen LogP contribution in [0.2, 0.25) is 0 Å². The van der Waals surface area contributed by atoms with Crippen LogP contribution in [0.4, 0.5) is 5.69 Å². The fraction of sp³-hybridized carbons (Fsp3) is 0.167. The number of carbonyl (C=O) groups is 2. The van der Waals surface area contributed by atoms with Crippen molar-refractivity contribution in [2.75, 3.05) is 4.90 Å². The molecule has 0 saturated carbocycles. The van der Waals surface area contributed by atoms with Gasteiger partial charge in [0.25, 0.3) is 5.91 Å². The van der Waals surface area contributed by atoms with Gasteiger partial charge < -0.3 is 9.84 Å². The lowest BCUT2D eigenvalue weighted by Gasteiger charge is -2.33. The average molecular weight is 433 g/mol. The summed E-state index contributed by atoms with van der Waals surface area (Å²) in [6.07, 6.45) is -1.41. The highest BCUT2D eigenvalue weighted by atomic mass is 79.9. The van der Waals surface area contributed by atoms with Gasteiger partial charge in [-0.25, -0.2) is 4.98 Å². The van der Waals surface area contributed by atoms with E-state index in [2.05, 4.69) is 20.9 Å². The summed E-state index contributed by atoms with van der Waals surface area (Å²) in [4.78, 5) is 30.0. The number of thiazole rings is 1. The Morgan fingerprint density at radius 3 is 2.92 bits per heavy atom. The lowest BCUT2D eigenvalue weighted by atomic mass is 10.1. The van der Waals surface area contributed by atoms with Gasteiger partial charge in [0.05, 0.1) is 28.9 Å². The van der Waals surface area contributed by atoms with Gasteiger partial charge in [0, 0.05) is 4.47 Å². The largest absolute Gasteiger partial charge is 0.481 e. The summed E-state index contributed by atoms with van der Waals surface area (Å²) in [5.74, 6) is -0.943. The number of ether oxygens (including phenoxy) is 1. The molecule has 0 saturated heterocycles. The molecule has 2 aromatic carbocycles. The van der Waals surface area contributed by atoms with E-state index < -0.39 is 12.1 Å². The van der Waals surface area contributed by atoms with Crippen molar-refractivity contribution in [1.82, 2.24) is 4.98 Å². The summed E-state index contributed by atoms with van der Waals surface area (Å²) in [6.45, 7) is 0.270. The number of carbonyl (C=O) groups excluding carboxylic acids is 1. The zero-order valence-electron chi connectivity index (χ0n) is 13.4. The number of carboxylic acid groups (broad SMARTS) is 1. The van der Waals surface area contributed by atoms with Crippen LogP contribution in [-0.4, -0.2) is 28.1 Å². The molecule has 132 valence electrons. The third-order valence-electron chi connectivity index (χ3n) is 4.01. The van der Waals surface area contributed by atoms with Crippen molar-refractivity contribution >= 4 is 55.0 Å². The minimum absolute atomic E-state index is 0.270. The first-order chi connectivity index (χ1) is 12.5. The molecule has 1 aromatic heterocycles. The van der Waals surface area contributed by atoms with Crippen LogP contribution in [0.5, 0.6) is 5.75 Å². The Balaban J connectivity index is 1.70. The Kier molecular flexibility index (Phi) is 4.37. The van der Waals surface area contributed by atoms with Gasteiger partial charge in [-0.05, 0) is 30.3 Å². The molecule has 1 aliphatic rings. The second-order valence-electron chi connectivity index (χ2n) is 5.82. The molecule has 26 heavy (non-hydrogen) atoms. The Morgan fingerprint density at radius 1 is 1.31 bits per heavy atom. The number of anilines is 1. The number of amides is 1. The van der Waals surface area contributed by atoms with Crippen molar-refractivity contribution in [3.05, 3.63) is 51.9 Å². The van der Waals surface area contributed by atoms with E-state index in [1.54, 1.807) is 23.1 Å². The molecule has 1 unspecified atom stereocenters. The van der Waals surface area contributed by atoms with Gasteiger partial charge in [0.15, 0.2) is 6.10 Å². The van der Waals surface area contributed by atoms with Crippen molar-refractivity contribution in [3.63, 3.8) is 0 Å². The second-order valence-corrected chi connectivity index (χ2v) is 7.85. The van der Waals surface area contributed by atoms with Crippen LogP contribution in [0.1, 0.15) is 11.4 Å². The van der Waals surface area contributed by atoms with E-state index in [1.165, 1.54) is 11.3 Å². The van der Waals surface area contributed by atoms with Crippen molar-refractivity contribution in [1.29, 1.82) is 0 Å². The normalized spacial score (nSPS) is 16.4. The zero-order chi connectivity index (χ0) is 18.3. The topological polar surface area (TPSA) is 79.7 Å². The Labute approximate surface area is 161 Å². The highest BCUT2D eigenvalue weighted by Gasteiger charge is 2.36. The smallest absolute Gasteiger partial charge is 0.307 e. The quantitative estimate of drug-likeness (QED) is 0.677. The summed E-state index contributed by atoms with van der Waals surface area (Å²) >= 11 is 4.95. The predicted molar refractivity (Wildman–Crippen MR) is 102 cm³/mol. The van der Waals surface area contributed by atoms with E-state index in [0.29, 0.717) is 11.4 Å². The van der Waals surface area contributed by atoms with Gasteiger partial charge in [-0.1, -0.05) is 28.1 Å². The van der Waals surface area contributed by atoms with Crippen LogP contribution in [0, 0.1) is 0 Å². The molecule has 6 nitrogen and oxygen atoms in total. The van der Waals surface area contributed by atoms with Crippen LogP contribution in [0.25, 0.3) is 10.2 Å². The number of benzene rings is 2. The van der Waals surface area contributed by atoms with E-state index in [-0.39, 0.29) is 18.9 Å². The molecule has 0 bridgehead atoms. The number of fused-ring (bicyclic) bond motifs is 2. The Hall–Kier alpha value is -2.45. The molecule has 4 rings (SSSR count). The van der Waals surface area contributed by atoms with Crippen molar-refractivity contribution in [2.24, 2.45) is 0 Å². The molecular formula is C18H13BrN2O4S. The molecular weight excluding hydrogens is 420 g/mol. The summed E-state index contributed by atoms with van der Waals surface area (Å²) in [5.41, 5.74) is 1.49. The van der Waals surface area contributed by atoms with E-state index in [9.17, 15) is 9.59 Å². The molecule has 0 aliphatic carbocycles. The molecule has 0 fully saturated rings. The lowest BCUT2D eigenvalue weighted by Crippen LogP contribution is -2.46. The fourth-order valence-corrected chi connectivity index (χ4v) is 4.38. The molecule has 0 radical (unpaired) electrons. The average Bonchev–Trinajstić information content (AvgIpc) is 2.99. The maximum Gasteiger partial charge on any atom is 0.307 e. The van der Waals surface area contributed by atoms with Crippen LogP contribution in [0.15, 0.2) is 46.9 Å². The molecule has 1 N–H and O–H groups in total. The summed E-state index contributed by atoms with van der Waals surface area (Å²) < 4.78 is 7.59. The number of halogens is 1. The van der Waals surface area contributed by atoms with E-state index >= 15 is 0 Å². The second kappa shape index (κ2) is 6.69. The third-order valence-corrected chi connectivity index (χ3v) is 5.51. The molecule has 2 heterocycles. The summed E-state index contributed by atoms with van der Waals surface area (Å²) in [7, 11) is 0. The highest BCUT2D eigenvalue weighted by Crippen LogP contribution is 2.36. The number of hydrogen-bond acceptors (Lipinski definition) is 5. The van der Waals surface area contributed by atoms with Crippen molar-refractivity contribution < 1.29 is 19.4 Å².